The van der Waals surface area contributed by atoms with Gasteiger partial charge in [-0.2, -0.15) is 0 Å². The summed E-state index contributed by atoms with van der Waals surface area (Å²) < 4.78 is 16.2. The molecule has 0 aliphatic carbocycles. The van der Waals surface area contributed by atoms with E-state index in [9.17, 15) is 19.8 Å². The zero-order valence-corrected chi connectivity index (χ0v) is 16.9. The van der Waals surface area contributed by atoms with Gasteiger partial charge in [0.1, 0.15) is 6.10 Å². The first-order chi connectivity index (χ1) is 14.4. The summed E-state index contributed by atoms with van der Waals surface area (Å²) in [6.07, 6.45) is 4.13. The van der Waals surface area contributed by atoms with Crippen LogP contribution in [0.2, 0.25) is 0 Å². The van der Waals surface area contributed by atoms with Crippen LogP contribution < -0.4 is 14.8 Å². The lowest BCUT2D eigenvalue weighted by Crippen LogP contribution is -2.45. The molecule has 3 N–H and O–H groups in total. The number of carboxylic acid groups (broad SMARTS) is 1. The van der Waals surface area contributed by atoms with Crippen molar-refractivity contribution < 1.29 is 34.0 Å². The van der Waals surface area contributed by atoms with E-state index in [4.69, 9.17) is 14.2 Å². The van der Waals surface area contributed by atoms with E-state index in [0.717, 1.165) is 0 Å². The van der Waals surface area contributed by atoms with Crippen LogP contribution in [0.4, 0.5) is 4.79 Å². The number of nitrogens with one attached hydrogen (secondary N) is 1. The highest BCUT2D eigenvalue weighted by molar-refractivity contribution is 5.80. The monoisotopic (exact) mass is 419 g/mol. The summed E-state index contributed by atoms with van der Waals surface area (Å²) in [5, 5.41) is 22.2. The Morgan fingerprint density at radius 1 is 0.967 bits per heavy atom. The second kappa shape index (κ2) is 13.8. The number of alkyl carbamates (subject to hydrolysis) is 1. The largest absolute Gasteiger partial charge is 0.489 e. The molecular weight excluding hydrogens is 390 g/mol. The van der Waals surface area contributed by atoms with Crippen LogP contribution in [0.5, 0.6) is 11.5 Å². The molecule has 0 aromatic heterocycles. The van der Waals surface area contributed by atoms with Gasteiger partial charge in [0.05, 0.1) is 19.8 Å². The second-order valence-corrected chi connectivity index (χ2v) is 6.18. The Hall–Kier alpha value is -3.26. The van der Waals surface area contributed by atoms with Crippen LogP contribution in [0.25, 0.3) is 0 Å². The average Bonchev–Trinajstić information content (AvgIpc) is 2.72. The van der Waals surface area contributed by atoms with Crippen LogP contribution in [0, 0.1) is 0 Å². The highest BCUT2D eigenvalue weighted by atomic mass is 16.5. The van der Waals surface area contributed by atoms with Crippen molar-refractivity contribution in [2.75, 3.05) is 19.8 Å². The van der Waals surface area contributed by atoms with Gasteiger partial charge >= 0.3 is 12.1 Å². The number of amides is 1. The fourth-order valence-electron chi connectivity index (χ4n) is 2.32. The maximum absolute atomic E-state index is 11.8. The van der Waals surface area contributed by atoms with Gasteiger partial charge in [-0.25, -0.2) is 9.59 Å². The molecule has 0 fully saturated rings. The number of carbonyl (C=O) groups excluding carboxylic acids is 1. The molecule has 0 radical (unpaired) electrons. The Morgan fingerprint density at radius 2 is 1.53 bits per heavy atom. The van der Waals surface area contributed by atoms with Gasteiger partial charge in [0.2, 0.25) is 0 Å². The van der Waals surface area contributed by atoms with Gasteiger partial charge in [-0.05, 0) is 37.0 Å². The van der Waals surface area contributed by atoms with Crippen molar-refractivity contribution in [2.45, 2.75) is 31.4 Å². The van der Waals surface area contributed by atoms with Gasteiger partial charge in [-0.15, -0.1) is 19.7 Å². The summed E-state index contributed by atoms with van der Waals surface area (Å²) in [5.41, 5.74) is 0.235. The molecule has 164 valence electrons. The Labute approximate surface area is 176 Å². The van der Waals surface area contributed by atoms with E-state index in [1.165, 1.54) is 12.1 Å². The minimum Gasteiger partial charge on any atom is -0.489 e. The van der Waals surface area contributed by atoms with Crippen molar-refractivity contribution in [2.24, 2.45) is 0 Å². The van der Waals surface area contributed by atoms with Crippen LogP contribution in [-0.4, -0.2) is 48.1 Å². The molecule has 0 saturated heterocycles. The van der Waals surface area contributed by atoms with Crippen molar-refractivity contribution in [1.29, 1.82) is 0 Å². The average molecular weight is 419 g/mol. The van der Waals surface area contributed by atoms with E-state index < -0.39 is 24.2 Å². The fourth-order valence-corrected chi connectivity index (χ4v) is 2.32. The summed E-state index contributed by atoms with van der Waals surface area (Å²) >= 11 is 0. The molecule has 30 heavy (non-hydrogen) atoms. The number of aliphatic hydroxyl groups is 1. The number of ether oxygens (including phenoxy) is 3. The first kappa shape index (κ1) is 24.8. The van der Waals surface area contributed by atoms with Crippen LogP contribution in [0.1, 0.15) is 30.9 Å². The third kappa shape index (κ3) is 8.40. The Balaban J connectivity index is 3.00. The van der Waals surface area contributed by atoms with E-state index in [1.54, 1.807) is 24.3 Å². The molecular formula is C22H29NO7. The maximum Gasteiger partial charge on any atom is 0.407 e. The number of benzene rings is 1. The quantitative estimate of drug-likeness (QED) is 0.295. The molecule has 0 heterocycles. The lowest BCUT2D eigenvalue weighted by atomic mass is 10.0. The third-order valence-corrected chi connectivity index (χ3v) is 3.88. The topological polar surface area (TPSA) is 114 Å². The van der Waals surface area contributed by atoms with E-state index >= 15 is 0 Å². The molecule has 0 aliphatic rings. The summed E-state index contributed by atoms with van der Waals surface area (Å²) in [6.45, 7) is 11.5. The van der Waals surface area contributed by atoms with E-state index in [2.05, 4.69) is 25.1 Å². The Morgan fingerprint density at radius 3 is 2.10 bits per heavy atom. The Bertz CT molecular complexity index is 732. The molecule has 0 spiro atoms. The van der Waals surface area contributed by atoms with E-state index in [0.29, 0.717) is 44.0 Å². The van der Waals surface area contributed by atoms with Crippen molar-refractivity contribution >= 4 is 12.1 Å². The molecule has 1 rings (SSSR count). The summed E-state index contributed by atoms with van der Waals surface area (Å²) in [7, 11) is 0. The van der Waals surface area contributed by atoms with Gasteiger partial charge in [0, 0.05) is 0 Å². The highest BCUT2D eigenvalue weighted by Gasteiger charge is 2.30. The number of carboxylic acids is 1. The van der Waals surface area contributed by atoms with Crippen molar-refractivity contribution in [3.63, 3.8) is 0 Å². The second-order valence-electron chi connectivity index (χ2n) is 6.18. The van der Waals surface area contributed by atoms with Crippen molar-refractivity contribution in [1.82, 2.24) is 5.32 Å². The molecule has 8 nitrogen and oxygen atoms in total. The van der Waals surface area contributed by atoms with Gasteiger partial charge in [-0.3, -0.25) is 0 Å². The first-order valence-electron chi connectivity index (χ1n) is 9.51. The lowest BCUT2D eigenvalue weighted by molar-refractivity contribution is -0.142. The molecule has 0 aliphatic heterocycles. The van der Waals surface area contributed by atoms with Crippen LogP contribution in [0.3, 0.4) is 0 Å². The Kier molecular flexibility index (Phi) is 11.4. The molecule has 1 aromatic rings. The zero-order valence-electron chi connectivity index (χ0n) is 16.9. The smallest absolute Gasteiger partial charge is 0.407 e. The number of carbonyl (C=O) groups is 2. The zero-order chi connectivity index (χ0) is 22.4. The highest BCUT2D eigenvalue weighted by Crippen LogP contribution is 2.32. The summed E-state index contributed by atoms with van der Waals surface area (Å²) in [6, 6.07) is 2.95. The predicted molar refractivity (Wildman–Crippen MR) is 113 cm³/mol. The number of rotatable bonds is 15. The molecule has 2 atom stereocenters. The lowest BCUT2D eigenvalue weighted by Gasteiger charge is -2.22. The molecule has 1 amide bonds. The molecule has 8 heteroatoms. The number of aliphatic carboxylic acids is 1. The molecule has 0 saturated carbocycles. The van der Waals surface area contributed by atoms with E-state index in [-0.39, 0.29) is 12.2 Å². The standard InChI is InChI=1S/C22H29NO7/c1-4-7-12-28-17-11-10-16(15-18(17)29-13-8-5-2)20(24)19(21(25)26)23-22(27)30-14-9-6-3/h4-6,10-11,15,19-20,24H,1-3,7-9,12-14H2,(H,23,27)(H,25,26). The van der Waals surface area contributed by atoms with E-state index in [1.807, 2.05) is 0 Å². The minimum atomic E-state index is -1.62. The first-order valence-corrected chi connectivity index (χ1v) is 9.51. The predicted octanol–water partition coefficient (Wildman–Crippen LogP) is 3.39. The summed E-state index contributed by atoms with van der Waals surface area (Å²) in [4.78, 5) is 23.4. The maximum atomic E-state index is 11.8. The number of hydrogen-bond donors (Lipinski definition) is 3. The van der Waals surface area contributed by atoms with Gasteiger partial charge in [-0.1, -0.05) is 24.3 Å². The number of aliphatic hydroxyl groups excluding tert-OH is 1. The van der Waals surface area contributed by atoms with Crippen LogP contribution in [-0.2, 0) is 9.53 Å². The van der Waals surface area contributed by atoms with Crippen LogP contribution >= 0.6 is 0 Å². The fraction of sp³-hybridized carbons (Fsp3) is 0.364. The number of hydrogen-bond acceptors (Lipinski definition) is 6. The van der Waals surface area contributed by atoms with Gasteiger partial charge in [0.25, 0.3) is 0 Å². The summed E-state index contributed by atoms with van der Waals surface area (Å²) in [5.74, 6) is -0.626. The van der Waals surface area contributed by atoms with Crippen molar-refractivity contribution in [3.05, 3.63) is 61.7 Å². The van der Waals surface area contributed by atoms with Crippen LogP contribution in [0.15, 0.2) is 56.2 Å². The molecule has 0 bridgehead atoms. The minimum absolute atomic E-state index is 0.0514. The van der Waals surface area contributed by atoms with Gasteiger partial charge in [0.15, 0.2) is 17.5 Å². The van der Waals surface area contributed by atoms with Gasteiger partial charge < -0.3 is 29.7 Å². The SMILES string of the molecule is C=CCCOC(=O)NC(C(=O)O)C(O)c1ccc(OCCC=C)c(OCCC=C)c1. The molecule has 1 aromatic carbocycles. The third-order valence-electron chi connectivity index (χ3n) is 3.88. The molecule has 2 unspecified atom stereocenters. The van der Waals surface area contributed by atoms with Crippen molar-refractivity contribution in [3.8, 4) is 11.5 Å². The normalized spacial score (nSPS) is 12.2.